The minimum Gasteiger partial charge on any atom is -0.0879 e. The Bertz CT molecular complexity index is 78.0. The molecule has 0 spiro atoms. The molecule has 0 amide bonds. The molecule has 0 unspecified atom stereocenters. The van der Waals surface area contributed by atoms with E-state index in [0.29, 0.717) is 0 Å². The number of allylic oxidation sites excluding steroid dienone is 2. The van der Waals surface area contributed by atoms with Gasteiger partial charge in [-0.15, -0.1) is 0 Å². The standard InChI is InChI=1S/C8H15/c1-5-8(6-2)7(3)4/h5H,6H2,1-4H3. The van der Waals surface area contributed by atoms with Crippen molar-refractivity contribution in [3.8, 4) is 0 Å². The van der Waals surface area contributed by atoms with Gasteiger partial charge in [-0.1, -0.05) is 32.4 Å². The Kier molecular flexibility index (Phi) is 3.59. The van der Waals surface area contributed by atoms with Gasteiger partial charge in [-0.25, -0.2) is 0 Å². The zero-order chi connectivity index (χ0) is 6.57. The summed E-state index contributed by atoms with van der Waals surface area (Å²) in [6.45, 7) is 8.58. The molecule has 0 aromatic carbocycles. The third-order valence-electron chi connectivity index (χ3n) is 1.37. The number of hydrogen-bond acceptors (Lipinski definition) is 0. The second-order valence-corrected chi connectivity index (χ2v) is 2.17. The molecular weight excluding hydrogens is 96.1 g/mol. The minimum atomic E-state index is 1.17. The van der Waals surface area contributed by atoms with Crippen LogP contribution in [0.1, 0.15) is 34.1 Å². The zero-order valence-corrected chi connectivity index (χ0v) is 6.28. The lowest BCUT2D eigenvalue weighted by atomic mass is 10.0. The van der Waals surface area contributed by atoms with Crippen molar-refractivity contribution in [1.82, 2.24) is 0 Å². The molecule has 0 nitrogen and oxygen atoms in total. The van der Waals surface area contributed by atoms with Crippen LogP contribution in [0.2, 0.25) is 0 Å². The van der Waals surface area contributed by atoms with Crippen molar-refractivity contribution >= 4 is 0 Å². The van der Waals surface area contributed by atoms with E-state index in [0.717, 1.165) is 0 Å². The van der Waals surface area contributed by atoms with Gasteiger partial charge in [0.25, 0.3) is 0 Å². The molecule has 0 aliphatic heterocycles. The Balaban J connectivity index is 3.72. The Labute approximate surface area is 52.6 Å². The molecule has 0 fully saturated rings. The van der Waals surface area contributed by atoms with E-state index in [1.807, 2.05) is 0 Å². The van der Waals surface area contributed by atoms with Gasteiger partial charge in [0.2, 0.25) is 0 Å². The van der Waals surface area contributed by atoms with E-state index < -0.39 is 0 Å². The molecule has 47 valence electrons. The largest absolute Gasteiger partial charge is 0.0879 e. The smallest absolute Gasteiger partial charge is 0.00566 e. The van der Waals surface area contributed by atoms with Crippen molar-refractivity contribution in [2.45, 2.75) is 34.1 Å². The Morgan fingerprint density at radius 2 is 1.88 bits per heavy atom. The van der Waals surface area contributed by atoms with Gasteiger partial charge in [0, 0.05) is 0 Å². The third kappa shape index (κ3) is 2.15. The first kappa shape index (κ1) is 7.74. The highest BCUT2D eigenvalue weighted by Crippen LogP contribution is 2.13. The van der Waals surface area contributed by atoms with Crippen LogP contribution in [0.3, 0.4) is 0 Å². The van der Waals surface area contributed by atoms with Crippen molar-refractivity contribution in [1.29, 1.82) is 0 Å². The van der Waals surface area contributed by atoms with E-state index in [9.17, 15) is 0 Å². The molecule has 0 saturated heterocycles. The van der Waals surface area contributed by atoms with Crippen molar-refractivity contribution in [3.05, 3.63) is 17.6 Å². The number of hydrogen-bond donors (Lipinski definition) is 0. The van der Waals surface area contributed by atoms with Gasteiger partial charge in [-0.2, -0.15) is 0 Å². The first-order valence-corrected chi connectivity index (χ1v) is 3.18. The van der Waals surface area contributed by atoms with Crippen LogP contribution in [-0.4, -0.2) is 0 Å². The quantitative estimate of drug-likeness (QED) is 0.514. The molecular formula is C8H15. The fourth-order valence-corrected chi connectivity index (χ4v) is 0.846. The van der Waals surface area contributed by atoms with Crippen LogP contribution in [0.5, 0.6) is 0 Å². The molecule has 0 aliphatic carbocycles. The molecule has 0 N–H and O–H groups in total. The second-order valence-electron chi connectivity index (χ2n) is 2.17. The molecule has 0 aromatic rings. The first-order chi connectivity index (χ1) is 3.72. The van der Waals surface area contributed by atoms with Crippen molar-refractivity contribution in [2.24, 2.45) is 0 Å². The molecule has 1 radical (unpaired) electrons. The highest BCUT2D eigenvalue weighted by molar-refractivity contribution is 5.18. The van der Waals surface area contributed by atoms with Gasteiger partial charge in [0.1, 0.15) is 0 Å². The number of rotatable bonds is 2. The lowest BCUT2D eigenvalue weighted by Crippen LogP contribution is -1.87. The maximum absolute atomic E-state index is 2.18. The molecule has 0 aromatic heterocycles. The summed E-state index contributed by atoms with van der Waals surface area (Å²) in [5.41, 5.74) is 1.48. The van der Waals surface area contributed by atoms with E-state index in [-0.39, 0.29) is 0 Å². The zero-order valence-electron chi connectivity index (χ0n) is 6.28. The highest BCUT2D eigenvalue weighted by Gasteiger charge is 1.96. The van der Waals surface area contributed by atoms with Crippen molar-refractivity contribution in [2.75, 3.05) is 0 Å². The monoisotopic (exact) mass is 111 g/mol. The van der Waals surface area contributed by atoms with E-state index in [2.05, 4.69) is 33.8 Å². The SMILES string of the molecule is CC=C(CC)[C](C)C. The van der Waals surface area contributed by atoms with Crippen LogP contribution < -0.4 is 0 Å². The summed E-state index contributed by atoms with van der Waals surface area (Å²) in [7, 11) is 0. The van der Waals surface area contributed by atoms with Gasteiger partial charge >= 0.3 is 0 Å². The predicted octanol–water partition coefficient (Wildman–Crippen LogP) is 2.96. The topological polar surface area (TPSA) is 0 Å². The van der Waals surface area contributed by atoms with Crippen LogP contribution >= 0.6 is 0 Å². The predicted molar refractivity (Wildman–Crippen MR) is 38.6 cm³/mol. The molecule has 0 atom stereocenters. The fourth-order valence-electron chi connectivity index (χ4n) is 0.846. The maximum atomic E-state index is 2.18. The minimum absolute atomic E-state index is 1.17. The van der Waals surface area contributed by atoms with Crippen LogP contribution in [0.4, 0.5) is 0 Å². The van der Waals surface area contributed by atoms with Crippen LogP contribution in [0, 0.1) is 5.92 Å². The Morgan fingerprint density at radius 3 is 1.88 bits per heavy atom. The van der Waals surface area contributed by atoms with Crippen LogP contribution in [0.25, 0.3) is 0 Å². The van der Waals surface area contributed by atoms with Crippen molar-refractivity contribution in [3.63, 3.8) is 0 Å². The first-order valence-electron chi connectivity index (χ1n) is 3.18. The summed E-state index contributed by atoms with van der Waals surface area (Å²) in [5.74, 6) is 1.44. The highest BCUT2D eigenvalue weighted by atomic mass is 14.0. The van der Waals surface area contributed by atoms with E-state index in [4.69, 9.17) is 0 Å². The molecule has 0 bridgehead atoms. The summed E-state index contributed by atoms with van der Waals surface area (Å²) < 4.78 is 0. The molecule has 0 heterocycles. The van der Waals surface area contributed by atoms with Crippen LogP contribution in [-0.2, 0) is 0 Å². The van der Waals surface area contributed by atoms with Gasteiger partial charge in [-0.3, -0.25) is 0 Å². The third-order valence-corrected chi connectivity index (χ3v) is 1.37. The summed E-state index contributed by atoms with van der Waals surface area (Å²) in [6.07, 6.45) is 3.34. The second kappa shape index (κ2) is 3.71. The maximum Gasteiger partial charge on any atom is -0.00566 e. The van der Waals surface area contributed by atoms with Gasteiger partial charge in [0.05, 0.1) is 0 Å². The van der Waals surface area contributed by atoms with E-state index in [1.165, 1.54) is 17.9 Å². The summed E-state index contributed by atoms with van der Waals surface area (Å²) in [4.78, 5) is 0. The van der Waals surface area contributed by atoms with E-state index >= 15 is 0 Å². The summed E-state index contributed by atoms with van der Waals surface area (Å²) >= 11 is 0. The van der Waals surface area contributed by atoms with Gasteiger partial charge in [-0.05, 0) is 19.3 Å². The summed E-state index contributed by atoms with van der Waals surface area (Å²) in [5, 5.41) is 0. The lowest BCUT2D eigenvalue weighted by molar-refractivity contribution is 0.992. The molecule has 0 rings (SSSR count). The molecule has 0 saturated carbocycles. The molecule has 8 heavy (non-hydrogen) atoms. The van der Waals surface area contributed by atoms with Gasteiger partial charge < -0.3 is 0 Å². The van der Waals surface area contributed by atoms with Gasteiger partial charge in [0.15, 0.2) is 0 Å². The Morgan fingerprint density at radius 1 is 1.38 bits per heavy atom. The normalized spacial score (nSPS) is 12.9. The van der Waals surface area contributed by atoms with Crippen LogP contribution in [0.15, 0.2) is 11.6 Å². The summed E-state index contributed by atoms with van der Waals surface area (Å²) in [6, 6.07) is 0. The fraction of sp³-hybridized carbons (Fsp3) is 0.625. The average molecular weight is 111 g/mol. The van der Waals surface area contributed by atoms with Crippen molar-refractivity contribution < 1.29 is 0 Å². The lowest BCUT2D eigenvalue weighted by Gasteiger charge is -2.04. The molecule has 0 aliphatic rings. The Hall–Kier alpha value is -0.260. The molecule has 0 heteroatoms. The van der Waals surface area contributed by atoms with E-state index in [1.54, 1.807) is 0 Å². The average Bonchev–Trinajstić information content (AvgIpc) is 1.69.